The van der Waals surface area contributed by atoms with Crippen molar-refractivity contribution in [3.63, 3.8) is 0 Å². The van der Waals surface area contributed by atoms with Gasteiger partial charge in [0.2, 0.25) is 0 Å². The third kappa shape index (κ3) is 0.993. The van der Waals surface area contributed by atoms with Crippen LogP contribution in [0.3, 0.4) is 0 Å². The fraction of sp³-hybridized carbons (Fsp3) is 0.111. The molecule has 2 aromatic rings. The molecule has 1 aromatic heterocycles. The molecule has 12 heavy (non-hydrogen) atoms. The van der Waals surface area contributed by atoms with Crippen LogP contribution in [0.4, 0.5) is 0 Å². The third-order valence-electron chi connectivity index (χ3n) is 1.68. The van der Waals surface area contributed by atoms with Crippen LogP contribution in [0.5, 0.6) is 5.88 Å². The predicted molar refractivity (Wildman–Crippen MR) is 44.4 cm³/mol. The van der Waals surface area contributed by atoms with Crippen LogP contribution in [0.2, 0.25) is 0 Å². The SMILES string of the molecule is Cc1nc([O])c2ccccc2n1. The Kier molecular flexibility index (Phi) is 1.43. The largest absolute Gasteiger partial charge is 0.280 e. The van der Waals surface area contributed by atoms with Gasteiger partial charge >= 0.3 is 0 Å². The first-order valence-electron chi connectivity index (χ1n) is 3.68. The number of hydrogen-bond acceptors (Lipinski definition) is 2. The zero-order chi connectivity index (χ0) is 8.55. The number of aryl methyl sites for hydroxylation is 1. The Hall–Kier alpha value is -1.64. The highest BCUT2D eigenvalue weighted by atomic mass is 16.3. The van der Waals surface area contributed by atoms with Gasteiger partial charge in [0.15, 0.2) is 0 Å². The predicted octanol–water partition coefficient (Wildman–Crippen LogP) is 2.08. The molecule has 0 aliphatic carbocycles. The molecule has 0 bridgehead atoms. The summed E-state index contributed by atoms with van der Waals surface area (Å²) in [7, 11) is 0. The number of para-hydroxylation sites is 1. The molecule has 59 valence electrons. The van der Waals surface area contributed by atoms with Gasteiger partial charge in [0, 0.05) is 0 Å². The number of fused-ring (bicyclic) bond motifs is 1. The lowest BCUT2D eigenvalue weighted by Gasteiger charge is -1.97. The van der Waals surface area contributed by atoms with Crippen LogP contribution < -0.4 is 0 Å². The lowest BCUT2D eigenvalue weighted by Crippen LogP contribution is -1.87. The molecular weight excluding hydrogens is 152 g/mol. The minimum Gasteiger partial charge on any atom is -0.267 e. The van der Waals surface area contributed by atoms with E-state index < -0.39 is 0 Å². The van der Waals surface area contributed by atoms with Gasteiger partial charge in [-0.25, -0.2) is 4.98 Å². The summed E-state index contributed by atoms with van der Waals surface area (Å²) in [6.45, 7) is 1.72. The molecule has 0 atom stereocenters. The molecule has 0 unspecified atom stereocenters. The van der Waals surface area contributed by atoms with E-state index in [9.17, 15) is 5.11 Å². The maximum absolute atomic E-state index is 11.2. The van der Waals surface area contributed by atoms with E-state index in [-0.39, 0.29) is 5.88 Å². The zero-order valence-corrected chi connectivity index (χ0v) is 6.61. The normalized spacial score (nSPS) is 10.4. The van der Waals surface area contributed by atoms with Crippen molar-refractivity contribution in [1.82, 2.24) is 9.97 Å². The van der Waals surface area contributed by atoms with E-state index in [1.807, 2.05) is 18.2 Å². The van der Waals surface area contributed by atoms with Crippen LogP contribution in [-0.2, 0) is 5.11 Å². The maximum atomic E-state index is 11.2. The zero-order valence-electron chi connectivity index (χ0n) is 6.61. The fourth-order valence-electron chi connectivity index (χ4n) is 1.16. The van der Waals surface area contributed by atoms with Crippen LogP contribution in [0.15, 0.2) is 24.3 Å². The van der Waals surface area contributed by atoms with E-state index in [0.29, 0.717) is 11.2 Å². The van der Waals surface area contributed by atoms with Crippen LogP contribution in [0, 0.1) is 6.92 Å². The second-order valence-corrected chi connectivity index (χ2v) is 2.59. The van der Waals surface area contributed by atoms with Crippen molar-refractivity contribution in [3.05, 3.63) is 30.1 Å². The number of nitrogens with zero attached hydrogens (tertiary/aromatic N) is 2. The van der Waals surface area contributed by atoms with Crippen molar-refractivity contribution in [3.8, 4) is 5.88 Å². The lowest BCUT2D eigenvalue weighted by atomic mass is 10.2. The molecule has 1 aromatic carbocycles. The molecule has 0 saturated carbocycles. The van der Waals surface area contributed by atoms with Crippen molar-refractivity contribution < 1.29 is 5.11 Å². The molecule has 2 rings (SSSR count). The van der Waals surface area contributed by atoms with Gasteiger partial charge in [-0.05, 0) is 19.1 Å². The van der Waals surface area contributed by atoms with E-state index in [1.165, 1.54) is 0 Å². The summed E-state index contributed by atoms with van der Waals surface area (Å²) in [6, 6.07) is 7.21. The topological polar surface area (TPSA) is 45.7 Å². The number of rotatable bonds is 0. The first-order chi connectivity index (χ1) is 5.77. The fourth-order valence-corrected chi connectivity index (χ4v) is 1.16. The van der Waals surface area contributed by atoms with Gasteiger partial charge in [0.05, 0.1) is 10.9 Å². The van der Waals surface area contributed by atoms with Gasteiger partial charge < -0.3 is 0 Å². The summed E-state index contributed by atoms with van der Waals surface area (Å²) >= 11 is 0. The van der Waals surface area contributed by atoms with Gasteiger partial charge in [-0.15, -0.1) is 0 Å². The van der Waals surface area contributed by atoms with Gasteiger partial charge in [-0.1, -0.05) is 12.1 Å². The Morgan fingerprint density at radius 2 is 1.92 bits per heavy atom. The number of aromatic nitrogens is 2. The molecule has 0 amide bonds. The van der Waals surface area contributed by atoms with Crippen LogP contribution in [0.25, 0.3) is 10.9 Å². The number of benzene rings is 1. The Morgan fingerprint density at radius 3 is 2.75 bits per heavy atom. The summed E-state index contributed by atoms with van der Waals surface area (Å²) in [5.74, 6) is 0.330. The Labute approximate surface area is 69.7 Å². The van der Waals surface area contributed by atoms with E-state index in [4.69, 9.17) is 0 Å². The molecule has 0 saturated heterocycles. The van der Waals surface area contributed by atoms with E-state index in [1.54, 1.807) is 13.0 Å². The lowest BCUT2D eigenvalue weighted by molar-refractivity contribution is 0.341. The first-order valence-corrected chi connectivity index (χ1v) is 3.68. The molecule has 1 heterocycles. The molecule has 0 spiro atoms. The Morgan fingerprint density at radius 1 is 1.17 bits per heavy atom. The van der Waals surface area contributed by atoms with Crippen molar-refractivity contribution >= 4 is 10.9 Å². The van der Waals surface area contributed by atoms with Gasteiger partial charge in [0.25, 0.3) is 5.88 Å². The summed E-state index contributed by atoms with van der Waals surface area (Å²) in [5.41, 5.74) is 0.718. The van der Waals surface area contributed by atoms with Crippen LogP contribution in [0.1, 0.15) is 5.82 Å². The smallest absolute Gasteiger partial charge is 0.267 e. The van der Waals surface area contributed by atoms with E-state index in [2.05, 4.69) is 9.97 Å². The molecule has 3 nitrogen and oxygen atoms in total. The Bertz CT molecular complexity index is 426. The van der Waals surface area contributed by atoms with Crippen molar-refractivity contribution in [1.29, 1.82) is 0 Å². The van der Waals surface area contributed by atoms with Crippen LogP contribution in [-0.4, -0.2) is 9.97 Å². The summed E-state index contributed by atoms with van der Waals surface area (Å²) < 4.78 is 0. The molecular formula is C9H7N2O. The monoisotopic (exact) mass is 159 g/mol. The summed E-state index contributed by atoms with van der Waals surface area (Å²) in [5, 5.41) is 11.8. The van der Waals surface area contributed by atoms with Gasteiger partial charge in [0.1, 0.15) is 5.82 Å². The highest BCUT2D eigenvalue weighted by Gasteiger charge is 2.03. The van der Waals surface area contributed by atoms with Crippen molar-refractivity contribution in [2.45, 2.75) is 6.92 Å². The average molecular weight is 159 g/mol. The van der Waals surface area contributed by atoms with E-state index >= 15 is 0 Å². The van der Waals surface area contributed by atoms with E-state index in [0.717, 1.165) is 5.52 Å². The van der Waals surface area contributed by atoms with Crippen molar-refractivity contribution in [2.75, 3.05) is 0 Å². The second kappa shape index (κ2) is 2.44. The highest BCUT2D eigenvalue weighted by Crippen LogP contribution is 2.20. The highest BCUT2D eigenvalue weighted by molar-refractivity contribution is 5.82. The summed E-state index contributed by atoms with van der Waals surface area (Å²) in [4.78, 5) is 7.86. The standard InChI is InChI=1S/C9H7N2O/c1-6-10-8-5-3-2-4-7(8)9(12)11-6/h2-5H,1H3. The summed E-state index contributed by atoms with van der Waals surface area (Å²) in [6.07, 6.45) is 0. The molecule has 1 radical (unpaired) electrons. The third-order valence-corrected chi connectivity index (χ3v) is 1.68. The average Bonchev–Trinajstić information content (AvgIpc) is 2.04. The molecule has 3 heteroatoms. The van der Waals surface area contributed by atoms with Gasteiger partial charge in [-0.2, -0.15) is 4.98 Å². The van der Waals surface area contributed by atoms with Gasteiger partial charge in [-0.3, -0.25) is 5.11 Å². The molecule has 0 N–H and O–H groups in total. The molecule has 0 fully saturated rings. The number of hydrogen-bond donors (Lipinski definition) is 0. The Balaban J connectivity index is 2.89. The minimum absolute atomic E-state index is 0.196. The minimum atomic E-state index is -0.196. The van der Waals surface area contributed by atoms with Crippen LogP contribution >= 0.6 is 0 Å². The first kappa shape index (κ1) is 7.03. The molecule has 0 aliphatic rings. The maximum Gasteiger partial charge on any atom is 0.280 e. The quantitative estimate of drug-likeness (QED) is 0.590. The van der Waals surface area contributed by atoms with Crippen molar-refractivity contribution in [2.24, 2.45) is 0 Å². The molecule has 0 aliphatic heterocycles. The second-order valence-electron chi connectivity index (χ2n) is 2.59.